The predicted octanol–water partition coefficient (Wildman–Crippen LogP) is 4.71. The van der Waals surface area contributed by atoms with E-state index in [2.05, 4.69) is 5.10 Å². The van der Waals surface area contributed by atoms with Crippen LogP contribution in [-0.4, -0.2) is 27.3 Å². The number of esters is 1. The van der Waals surface area contributed by atoms with Gasteiger partial charge in [-0.2, -0.15) is 5.10 Å². The Bertz CT molecular complexity index is 856. The molecule has 6 heteroatoms. The second-order valence-corrected chi connectivity index (χ2v) is 8.61. The molecule has 3 aromatic rings. The van der Waals surface area contributed by atoms with Crippen LogP contribution < -0.4 is 0 Å². The highest BCUT2D eigenvalue weighted by molar-refractivity contribution is 8.19. The van der Waals surface area contributed by atoms with Crippen LogP contribution in [0.3, 0.4) is 0 Å². The molecule has 132 valence electrons. The molecule has 0 saturated carbocycles. The summed E-state index contributed by atoms with van der Waals surface area (Å²) in [6.45, 7) is 0.258. The van der Waals surface area contributed by atoms with Gasteiger partial charge in [0.15, 0.2) is 0 Å². The van der Waals surface area contributed by atoms with Crippen LogP contribution in [0.4, 0.5) is 0 Å². The molecule has 2 aromatic carbocycles. The molecule has 4 rings (SSSR count). The first-order valence-corrected chi connectivity index (χ1v) is 10.5. The number of benzene rings is 2. The van der Waals surface area contributed by atoms with Gasteiger partial charge in [-0.3, -0.25) is 0 Å². The van der Waals surface area contributed by atoms with Crippen molar-refractivity contribution in [1.82, 2.24) is 9.78 Å². The molecule has 4 nitrogen and oxygen atoms in total. The van der Waals surface area contributed by atoms with E-state index >= 15 is 0 Å². The Kier molecular flexibility index (Phi) is 5.32. The van der Waals surface area contributed by atoms with E-state index in [1.165, 1.54) is 17.1 Å². The molecule has 2 heterocycles. The van der Waals surface area contributed by atoms with E-state index in [-0.39, 0.29) is 12.6 Å². The number of carbonyl (C=O) groups is 1. The molecular formula is C20H18N2O2S2. The van der Waals surface area contributed by atoms with Crippen LogP contribution in [0.25, 0.3) is 5.69 Å². The Morgan fingerprint density at radius 2 is 1.81 bits per heavy atom. The number of aromatic nitrogens is 2. The maximum atomic E-state index is 12.3. The lowest BCUT2D eigenvalue weighted by Crippen LogP contribution is -2.05. The van der Waals surface area contributed by atoms with Gasteiger partial charge in [-0.05, 0) is 41.5 Å². The average Bonchev–Trinajstić information content (AvgIpc) is 3.40. The summed E-state index contributed by atoms with van der Waals surface area (Å²) in [5.74, 6) is 2.09. The molecule has 1 saturated heterocycles. The Morgan fingerprint density at radius 3 is 2.46 bits per heavy atom. The molecule has 0 aliphatic carbocycles. The van der Waals surface area contributed by atoms with E-state index < -0.39 is 0 Å². The van der Waals surface area contributed by atoms with Gasteiger partial charge in [-0.15, -0.1) is 23.5 Å². The third-order valence-electron chi connectivity index (χ3n) is 4.12. The summed E-state index contributed by atoms with van der Waals surface area (Å²) in [5, 5.41) is 4.19. The first-order valence-electron chi connectivity index (χ1n) is 8.39. The van der Waals surface area contributed by atoms with E-state index in [0.717, 1.165) is 11.3 Å². The van der Waals surface area contributed by atoms with Gasteiger partial charge >= 0.3 is 5.97 Å². The molecule has 26 heavy (non-hydrogen) atoms. The average molecular weight is 383 g/mol. The van der Waals surface area contributed by atoms with Crippen molar-refractivity contribution in [3.05, 3.63) is 83.7 Å². The molecule has 1 aliphatic heterocycles. The minimum atomic E-state index is -0.292. The van der Waals surface area contributed by atoms with Crippen molar-refractivity contribution in [3.8, 4) is 5.69 Å². The normalized spacial score (nSPS) is 14.5. The Hall–Kier alpha value is -2.18. The minimum absolute atomic E-state index is 0.258. The molecule has 0 amide bonds. The number of hydrogen-bond acceptors (Lipinski definition) is 5. The summed E-state index contributed by atoms with van der Waals surface area (Å²) in [4.78, 5) is 12.3. The smallest absolute Gasteiger partial charge is 0.338 e. The molecule has 0 bridgehead atoms. The van der Waals surface area contributed by atoms with Gasteiger partial charge in [0, 0.05) is 23.9 Å². The zero-order valence-electron chi connectivity index (χ0n) is 14.1. The summed E-state index contributed by atoms with van der Waals surface area (Å²) in [7, 11) is 0. The van der Waals surface area contributed by atoms with Gasteiger partial charge in [0.25, 0.3) is 0 Å². The second kappa shape index (κ2) is 8.01. The summed E-state index contributed by atoms with van der Waals surface area (Å²) in [5.41, 5.74) is 3.78. The van der Waals surface area contributed by atoms with Crippen molar-refractivity contribution >= 4 is 29.5 Å². The minimum Gasteiger partial charge on any atom is -0.457 e. The maximum Gasteiger partial charge on any atom is 0.338 e. The maximum absolute atomic E-state index is 12.3. The zero-order valence-corrected chi connectivity index (χ0v) is 15.7. The van der Waals surface area contributed by atoms with Gasteiger partial charge in [0.05, 0.1) is 15.8 Å². The largest absolute Gasteiger partial charge is 0.457 e. The fourth-order valence-electron chi connectivity index (χ4n) is 2.73. The third-order valence-corrected chi connectivity index (χ3v) is 7.22. The van der Waals surface area contributed by atoms with Crippen molar-refractivity contribution in [1.29, 1.82) is 0 Å². The molecule has 1 aliphatic rings. The van der Waals surface area contributed by atoms with E-state index in [9.17, 15) is 4.79 Å². The number of nitrogens with zero attached hydrogens (tertiary/aromatic N) is 2. The van der Waals surface area contributed by atoms with Gasteiger partial charge in [-0.25, -0.2) is 9.48 Å². The van der Waals surface area contributed by atoms with Crippen LogP contribution in [0, 0.1) is 0 Å². The molecule has 0 unspecified atom stereocenters. The number of carbonyl (C=O) groups excluding carboxylic acids is 1. The predicted molar refractivity (Wildman–Crippen MR) is 107 cm³/mol. The van der Waals surface area contributed by atoms with Crippen molar-refractivity contribution in [2.45, 2.75) is 11.2 Å². The van der Waals surface area contributed by atoms with Crippen LogP contribution in [-0.2, 0) is 11.3 Å². The van der Waals surface area contributed by atoms with Crippen LogP contribution >= 0.6 is 23.5 Å². The summed E-state index contributed by atoms with van der Waals surface area (Å²) >= 11 is 3.92. The summed E-state index contributed by atoms with van der Waals surface area (Å²) in [6.07, 6.45) is 3.63. The van der Waals surface area contributed by atoms with Gasteiger partial charge < -0.3 is 4.74 Å². The van der Waals surface area contributed by atoms with Crippen LogP contribution in [0.5, 0.6) is 0 Å². The Labute approximate surface area is 160 Å². The molecule has 1 fully saturated rings. The molecule has 0 N–H and O–H groups in total. The van der Waals surface area contributed by atoms with Crippen molar-refractivity contribution in [3.63, 3.8) is 0 Å². The molecule has 0 atom stereocenters. The number of rotatable bonds is 5. The first-order chi connectivity index (χ1) is 12.8. The highest BCUT2D eigenvalue weighted by atomic mass is 32.2. The Morgan fingerprint density at radius 1 is 1.08 bits per heavy atom. The topological polar surface area (TPSA) is 44.1 Å². The van der Waals surface area contributed by atoms with Gasteiger partial charge in [-0.1, -0.05) is 24.3 Å². The number of hydrogen-bond donors (Lipinski definition) is 0. The quantitative estimate of drug-likeness (QED) is 0.598. The highest BCUT2D eigenvalue weighted by Gasteiger charge is 2.18. The monoisotopic (exact) mass is 382 g/mol. The molecule has 0 radical (unpaired) electrons. The van der Waals surface area contributed by atoms with Gasteiger partial charge in [0.2, 0.25) is 0 Å². The van der Waals surface area contributed by atoms with Crippen molar-refractivity contribution in [2.24, 2.45) is 0 Å². The fraction of sp³-hybridized carbons (Fsp3) is 0.200. The van der Waals surface area contributed by atoms with Crippen molar-refractivity contribution < 1.29 is 9.53 Å². The number of ether oxygens (including phenoxy) is 1. The lowest BCUT2D eigenvalue weighted by Gasteiger charge is -2.09. The third kappa shape index (κ3) is 3.97. The fourth-order valence-corrected chi connectivity index (χ4v) is 5.59. The number of thioether (sulfide) groups is 2. The summed E-state index contributed by atoms with van der Waals surface area (Å²) in [6, 6.07) is 17.5. The van der Waals surface area contributed by atoms with Crippen molar-refractivity contribution in [2.75, 3.05) is 11.5 Å². The zero-order chi connectivity index (χ0) is 17.8. The van der Waals surface area contributed by atoms with E-state index in [0.29, 0.717) is 10.1 Å². The van der Waals surface area contributed by atoms with Crippen LogP contribution in [0.2, 0.25) is 0 Å². The standard InChI is InChI=1S/C20H18N2O2S2/c23-19(16-4-6-17(7-5-16)20-25-12-13-26-20)24-14-15-2-8-18(9-3-15)22-11-1-10-21-22/h1-11,20H,12-14H2. The van der Waals surface area contributed by atoms with Crippen LogP contribution in [0.1, 0.15) is 26.1 Å². The second-order valence-electron chi connectivity index (χ2n) is 5.89. The lowest BCUT2D eigenvalue weighted by atomic mass is 10.1. The van der Waals surface area contributed by atoms with E-state index in [1.54, 1.807) is 10.9 Å². The van der Waals surface area contributed by atoms with Gasteiger partial charge in [0.1, 0.15) is 6.61 Å². The molecule has 1 aromatic heterocycles. The van der Waals surface area contributed by atoms with E-state index in [1.807, 2.05) is 84.3 Å². The Balaban J connectivity index is 1.34. The molecular weight excluding hydrogens is 364 g/mol. The van der Waals surface area contributed by atoms with Crippen LogP contribution in [0.15, 0.2) is 67.0 Å². The summed E-state index contributed by atoms with van der Waals surface area (Å²) < 4.78 is 7.72. The molecule has 0 spiro atoms. The first kappa shape index (κ1) is 17.2. The van der Waals surface area contributed by atoms with E-state index in [4.69, 9.17) is 4.74 Å². The lowest BCUT2D eigenvalue weighted by molar-refractivity contribution is 0.0472. The SMILES string of the molecule is O=C(OCc1ccc(-n2cccn2)cc1)c1ccc(C2SCCS2)cc1. The highest BCUT2D eigenvalue weighted by Crippen LogP contribution is 2.45.